The third-order valence-electron chi connectivity index (χ3n) is 9.89. The van der Waals surface area contributed by atoms with Crippen LogP contribution in [-0.2, 0) is 11.2 Å². The Bertz CT molecular complexity index is 1650. The van der Waals surface area contributed by atoms with E-state index in [0.717, 1.165) is 61.8 Å². The van der Waals surface area contributed by atoms with Gasteiger partial charge in [-0.05, 0) is 115 Å². The lowest BCUT2D eigenvalue weighted by Gasteiger charge is -2.36. The molecule has 9 nitrogen and oxygen atoms in total. The summed E-state index contributed by atoms with van der Waals surface area (Å²) in [7, 11) is 0. The summed E-state index contributed by atoms with van der Waals surface area (Å²) in [6, 6.07) is 6.30. The quantitative estimate of drug-likeness (QED) is 0.319. The number of carbonyl (C=O) groups is 2. The first-order valence-corrected chi connectivity index (χ1v) is 17.0. The van der Waals surface area contributed by atoms with Crippen LogP contribution in [0.25, 0.3) is 16.6 Å². The number of hydrogen-bond donors (Lipinski definition) is 1. The first-order valence-electron chi connectivity index (χ1n) is 17.0. The molecular formula is C37H49FN6O3. The summed E-state index contributed by atoms with van der Waals surface area (Å²) in [6.07, 6.45) is 8.95. The van der Waals surface area contributed by atoms with Crippen molar-refractivity contribution in [1.82, 2.24) is 24.3 Å². The van der Waals surface area contributed by atoms with E-state index in [1.165, 1.54) is 17.7 Å². The maximum atomic E-state index is 14.6. The summed E-state index contributed by atoms with van der Waals surface area (Å²) >= 11 is 0. The van der Waals surface area contributed by atoms with E-state index in [1.807, 2.05) is 35.7 Å². The second-order valence-electron chi connectivity index (χ2n) is 14.5. The number of nitriles is 1. The van der Waals surface area contributed by atoms with Gasteiger partial charge in [0.1, 0.15) is 11.2 Å². The molecule has 0 radical (unpaired) electrons. The van der Waals surface area contributed by atoms with Gasteiger partial charge < -0.3 is 24.4 Å². The number of aromatic nitrogens is 2. The minimum atomic E-state index is -0.979. The van der Waals surface area contributed by atoms with E-state index in [-0.39, 0.29) is 30.0 Å². The van der Waals surface area contributed by atoms with Crippen LogP contribution >= 0.6 is 0 Å². The number of rotatable bonds is 10. The maximum Gasteiger partial charge on any atom is 0.256 e. The first-order chi connectivity index (χ1) is 22.3. The number of carbonyl (C=O) groups excluding carboxylic acids is 2. The number of fused-ring (bicyclic) bond motifs is 1. The number of nitrogens with zero attached hydrogens (tertiary/aromatic N) is 6. The van der Waals surface area contributed by atoms with Crippen LogP contribution in [0.4, 0.5) is 4.39 Å². The molecule has 3 aromatic rings. The zero-order valence-corrected chi connectivity index (χ0v) is 28.7. The lowest BCUT2D eigenvalue weighted by Crippen LogP contribution is -2.46. The summed E-state index contributed by atoms with van der Waals surface area (Å²) in [4.78, 5) is 37.1. The predicted octanol–water partition coefficient (Wildman–Crippen LogP) is 5.36. The molecular weight excluding hydrogens is 595 g/mol. The number of aryl methyl sites for hydroxylation is 1. The van der Waals surface area contributed by atoms with Crippen LogP contribution in [0.2, 0.25) is 0 Å². The molecule has 47 heavy (non-hydrogen) atoms. The fourth-order valence-electron chi connectivity index (χ4n) is 7.34. The second kappa shape index (κ2) is 14.1. The number of likely N-dealkylation sites (tertiary alicyclic amines) is 2. The Morgan fingerprint density at radius 3 is 2.49 bits per heavy atom. The molecule has 4 heterocycles. The number of aliphatic hydroxyl groups excluding tert-OH is 1. The van der Waals surface area contributed by atoms with Gasteiger partial charge in [-0.25, -0.2) is 4.39 Å². The molecule has 10 heteroatoms. The molecule has 2 aliphatic heterocycles. The number of pyridine rings is 1. The Kier molecular flexibility index (Phi) is 10.4. The Hall–Kier alpha value is -3.81. The second-order valence-corrected chi connectivity index (χ2v) is 14.5. The number of hydrogen-bond acceptors (Lipinski definition) is 6. The fraction of sp³-hybridized carbons (Fsp3) is 0.568. The van der Waals surface area contributed by atoms with Crippen molar-refractivity contribution < 1.29 is 19.1 Å². The molecule has 2 fully saturated rings. The van der Waals surface area contributed by atoms with Crippen molar-refractivity contribution >= 4 is 22.7 Å². The van der Waals surface area contributed by atoms with Crippen LogP contribution in [0.5, 0.6) is 0 Å². The summed E-state index contributed by atoms with van der Waals surface area (Å²) in [5.41, 5.74) is 2.98. The molecule has 2 atom stereocenters. The molecule has 0 saturated carbocycles. The van der Waals surface area contributed by atoms with Gasteiger partial charge in [-0.15, -0.1) is 0 Å². The van der Waals surface area contributed by atoms with Crippen molar-refractivity contribution in [3.8, 4) is 11.8 Å². The van der Waals surface area contributed by atoms with Gasteiger partial charge in [0.15, 0.2) is 0 Å². The zero-order chi connectivity index (χ0) is 34.0. The normalized spacial score (nSPS) is 18.6. The molecule has 2 aromatic heterocycles. The van der Waals surface area contributed by atoms with E-state index in [0.29, 0.717) is 30.6 Å². The molecule has 1 unspecified atom stereocenters. The molecule has 0 spiro atoms. The number of amides is 2. The maximum absolute atomic E-state index is 14.6. The van der Waals surface area contributed by atoms with Crippen molar-refractivity contribution in [3.63, 3.8) is 0 Å². The van der Waals surface area contributed by atoms with Gasteiger partial charge in [-0.1, -0.05) is 0 Å². The largest absolute Gasteiger partial charge is 0.392 e. The number of benzene rings is 1. The van der Waals surface area contributed by atoms with Crippen molar-refractivity contribution in [1.29, 1.82) is 5.26 Å². The minimum Gasteiger partial charge on any atom is -0.392 e. The van der Waals surface area contributed by atoms with Gasteiger partial charge in [0.2, 0.25) is 5.91 Å². The highest BCUT2D eigenvalue weighted by Crippen LogP contribution is 2.33. The highest BCUT2D eigenvalue weighted by atomic mass is 19.1. The highest BCUT2D eigenvalue weighted by Gasteiger charge is 2.35. The zero-order valence-electron chi connectivity index (χ0n) is 28.7. The Balaban J connectivity index is 1.33. The third-order valence-corrected chi connectivity index (χ3v) is 9.89. The average molecular weight is 645 g/mol. The minimum absolute atomic E-state index is 0.0709. The smallest absolute Gasteiger partial charge is 0.256 e. The van der Waals surface area contributed by atoms with Crippen molar-refractivity contribution in [3.05, 3.63) is 59.3 Å². The van der Waals surface area contributed by atoms with Crippen LogP contribution in [-0.4, -0.2) is 92.6 Å². The topological polar surface area (TPSA) is 106 Å². The Morgan fingerprint density at radius 2 is 1.83 bits per heavy atom. The van der Waals surface area contributed by atoms with Gasteiger partial charge in [-0.3, -0.25) is 14.6 Å². The SMILES string of the molecule is Cc1cncc2c1c(C[C@@H]1CCN(CC3CCN(C(=O)C(C)(C)C#N)CC3)C1)cn2-c1ccc(F)cc1C(=O)N(CC(C)O)C(C)C. The van der Waals surface area contributed by atoms with Crippen LogP contribution in [0.15, 0.2) is 36.8 Å². The van der Waals surface area contributed by atoms with E-state index >= 15 is 0 Å². The van der Waals surface area contributed by atoms with Crippen molar-refractivity contribution in [2.75, 3.05) is 39.3 Å². The molecule has 1 aromatic carbocycles. The van der Waals surface area contributed by atoms with E-state index in [1.54, 1.807) is 31.7 Å². The number of aliphatic hydroxyl groups is 1. The number of piperidine rings is 1. The summed E-state index contributed by atoms with van der Waals surface area (Å²) in [5.74, 6) is 0.120. The molecule has 2 saturated heterocycles. The number of halogens is 1. The highest BCUT2D eigenvalue weighted by molar-refractivity contribution is 5.99. The summed E-state index contributed by atoms with van der Waals surface area (Å²) in [6.45, 7) is 15.5. The van der Waals surface area contributed by atoms with Crippen LogP contribution < -0.4 is 0 Å². The predicted molar refractivity (Wildman–Crippen MR) is 181 cm³/mol. The lowest BCUT2D eigenvalue weighted by molar-refractivity contribution is -0.139. The van der Waals surface area contributed by atoms with Crippen molar-refractivity contribution in [2.24, 2.45) is 17.3 Å². The molecule has 5 rings (SSSR count). The van der Waals surface area contributed by atoms with E-state index in [9.17, 15) is 24.3 Å². The average Bonchev–Trinajstić information content (AvgIpc) is 3.64. The molecule has 0 bridgehead atoms. The lowest BCUT2D eigenvalue weighted by atomic mass is 9.90. The molecule has 252 valence electrons. The van der Waals surface area contributed by atoms with Crippen LogP contribution in [0.3, 0.4) is 0 Å². The van der Waals surface area contributed by atoms with Crippen molar-refractivity contribution in [2.45, 2.75) is 79.4 Å². The van der Waals surface area contributed by atoms with Gasteiger partial charge in [0, 0.05) is 56.5 Å². The molecule has 1 N–H and O–H groups in total. The first kappa shape index (κ1) is 34.5. The molecule has 0 aliphatic carbocycles. The molecule has 2 aliphatic rings. The van der Waals surface area contributed by atoms with E-state index < -0.39 is 17.3 Å². The fourth-order valence-corrected chi connectivity index (χ4v) is 7.34. The molecule has 2 amide bonds. The third kappa shape index (κ3) is 7.52. The van der Waals surface area contributed by atoms with E-state index in [2.05, 4.69) is 29.1 Å². The van der Waals surface area contributed by atoms with Gasteiger partial charge in [-0.2, -0.15) is 5.26 Å². The van der Waals surface area contributed by atoms with Crippen LogP contribution in [0, 0.1) is 41.3 Å². The van der Waals surface area contributed by atoms with E-state index in [4.69, 9.17) is 0 Å². The Morgan fingerprint density at radius 1 is 1.13 bits per heavy atom. The van der Waals surface area contributed by atoms with Gasteiger partial charge in [0.05, 0.1) is 35.1 Å². The van der Waals surface area contributed by atoms with Gasteiger partial charge >= 0.3 is 0 Å². The standard InChI is InChI=1S/C37H49FN6O3/c1-24(2)43(19-26(4)45)35(46)31-16-30(38)7-8-32(31)44-22-29(34-25(3)17-40-18-33(34)44)15-28-9-12-41(21-28)20-27-10-13-42(14-11-27)36(47)37(5,6)23-39/h7-8,16-18,22,24,26-28,45H,9-15,19-21H2,1-6H3/t26?,28-/m0/s1. The summed E-state index contributed by atoms with van der Waals surface area (Å²) in [5, 5.41) is 20.6. The van der Waals surface area contributed by atoms with Gasteiger partial charge in [0.25, 0.3) is 5.91 Å². The Labute approximate surface area is 278 Å². The monoisotopic (exact) mass is 644 g/mol. The summed E-state index contributed by atoms with van der Waals surface area (Å²) < 4.78 is 16.6. The van der Waals surface area contributed by atoms with Crippen LogP contribution in [0.1, 0.15) is 75.4 Å².